The molecule has 0 spiro atoms. The largest absolute Gasteiger partial charge is 0.493 e. The highest BCUT2D eigenvalue weighted by Crippen LogP contribution is 2.27. The van der Waals surface area contributed by atoms with Gasteiger partial charge in [-0.3, -0.25) is 5.10 Å². The Balaban J connectivity index is 1.65. The second-order valence-electron chi connectivity index (χ2n) is 7.07. The average Bonchev–Trinajstić information content (AvgIpc) is 3.35. The number of hydrogen-bond donors (Lipinski definition) is 2. The van der Waals surface area contributed by atoms with Gasteiger partial charge in [0.2, 0.25) is 0 Å². The van der Waals surface area contributed by atoms with Crippen molar-refractivity contribution in [3.63, 3.8) is 0 Å². The molecule has 0 unspecified atom stereocenters. The van der Waals surface area contributed by atoms with E-state index in [1.807, 2.05) is 31.3 Å². The van der Waals surface area contributed by atoms with Gasteiger partial charge in [-0.05, 0) is 42.7 Å². The number of likely N-dealkylation sites (N-methyl/N-ethyl adjacent to an activating group) is 1. The van der Waals surface area contributed by atoms with Crippen molar-refractivity contribution in [1.29, 1.82) is 0 Å². The fraction of sp³-hybridized carbons (Fsp3) is 0.348. The van der Waals surface area contributed by atoms with E-state index in [9.17, 15) is 0 Å². The lowest BCUT2D eigenvalue weighted by atomic mass is 10.1. The average molecular weight is 423 g/mol. The molecule has 0 saturated heterocycles. The summed E-state index contributed by atoms with van der Waals surface area (Å²) < 4.78 is 10.7. The van der Waals surface area contributed by atoms with Crippen LogP contribution in [-0.4, -0.2) is 60.4 Å². The number of hydrogen-bond acceptors (Lipinski definition) is 5. The number of aliphatic imine (C=N–C) groups is 1. The number of ether oxygens (including phenoxy) is 2. The molecule has 8 nitrogen and oxygen atoms in total. The van der Waals surface area contributed by atoms with Crippen LogP contribution in [0.25, 0.3) is 11.4 Å². The van der Waals surface area contributed by atoms with E-state index >= 15 is 0 Å². The molecular weight excluding hydrogens is 392 g/mol. The molecule has 0 aliphatic carbocycles. The van der Waals surface area contributed by atoms with Crippen LogP contribution in [0.4, 0.5) is 0 Å². The molecule has 0 aliphatic rings. The molecular formula is C23H30N6O2. The van der Waals surface area contributed by atoms with E-state index in [1.54, 1.807) is 14.2 Å². The van der Waals surface area contributed by atoms with E-state index in [-0.39, 0.29) is 0 Å². The lowest BCUT2D eigenvalue weighted by Gasteiger charge is -2.22. The third kappa shape index (κ3) is 5.97. The van der Waals surface area contributed by atoms with E-state index in [0.29, 0.717) is 6.54 Å². The van der Waals surface area contributed by atoms with Crippen molar-refractivity contribution in [1.82, 2.24) is 25.4 Å². The van der Waals surface area contributed by atoms with Crippen LogP contribution in [0.15, 0.2) is 53.8 Å². The van der Waals surface area contributed by atoms with Gasteiger partial charge < -0.3 is 19.7 Å². The van der Waals surface area contributed by atoms with Crippen LogP contribution in [0.2, 0.25) is 0 Å². The zero-order chi connectivity index (χ0) is 22.1. The van der Waals surface area contributed by atoms with Crippen molar-refractivity contribution in [2.45, 2.75) is 19.9 Å². The molecule has 3 aromatic rings. The molecule has 0 saturated carbocycles. The minimum atomic E-state index is 0.574. The smallest absolute Gasteiger partial charge is 0.193 e. The molecule has 0 aliphatic heterocycles. The molecule has 164 valence electrons. The van der Waals surface area contributed by atoms with Gasteiger partial charge in [0.25, 0.3) is 0 Å². The summed E-state index contributed by atoms with van der Waals surface area (Å²) in [4.78, 5) is 11.2. The van der Waals surface area contributed by atoms with Crippen LogP contribution >= 0.6 is 0 Å². The fourth-order valence-electron chi connectivity index (χ4n) is 3.24. The Bertz CT molecular complexity index is 987. The second-order valence-corrected chi connectivity index (χ2v) is 7.07. The lowest BCUT2D eigenvalue weighted by Crippen LogP contribution is -2.39. The van der Waals surface area contributed by atoms with Crippen LogP contribution in [0, 0.1) is 0 Å². The molecule has 0 radical (unpaired) electrons. The van der Waals surface area contributed by atoms with E-state index in [4.69, 9.17) is 14.5 Å². The van der Waals surface area contributed by atoms with Crippen molar-refractivity contribution in [3.05, 3.63) is 59.9 Å². The molecule has 0 fully saturated rings. The van der Waals surface area contributed by atoms with Gasteiger partial charge in [0, 0.05) is 25.7 Å². The number of aromatic amines is 1. The van der Waals surface area contributed by atoms with Crippen LogP contribution in [-0.2, 0) is 13.0 Å². The monoisotopic (exact) mass is 422 g/mol. The fourth-order valence-corrected chi connectivity index (χ4v) is 3.24. The van der Waals surface area contributed by atoms with Crippen LogP contribution < -0.4 is 14.8 Å². The first-order valence-corrected chi connectivity index (χ1v) is 10.3. The third-order valence-electron chi connectivity index (χ3n) is 4.91. The zero-order valence-electron chi connectivity index (χ0n) is 18.6. The van der Waals surface area contributed by atoms with Crippen LogP contribution in [0.1, 0.15) is 18.1 Å². The summed E-state index contributed by atoms with van der Waals surface area (Å²) in [5.74, 6) is 3.11. The predicted molar refractivity (Wildman–Crippen MR) is 123 cm³/mol. The van der Waals surface area contributed by atoms with Crippen molar-refractivity contribution in [3.8, 4) is 22.9 Å². The van der Waals surface area contributed by atoms with Crippen LogP contribution in [0.3, 0.4) is 0 Å². The van der Waals surface area contributed by atoms with Crippen molar-refractivity contribution >= 4 is 5.96 Å². The van der Waals surface area contributed by atoms with Gasteiger partial charge in [0.1, 0.15) is 6.33 Å². The van der Waals surface area contributed by atoms with E-state index in [1.165, 1.54) is 11.9 Å². The van der Waals surface area contributed by atoms with Gasteiger partial charge in [0.15, 0.2) is 23.3 Å². The summed E-state index contributed by atoms with van der Waals surface area (Å²) in [7, 11) is 5.35. The Kier molecular flexibility index (Phi) is 7.86. The topological polar surface area (TPSA) is 87.7 Å². The van der Waals surface area contributed by atoms with Gasteiger partial charge >= 0.3 is 0 Å². The van der Waals surface area contributed by atoms with E-state index in [0.717, 1.165) is 53.9 Å². The third-order valence-corrected chi connectivity index (χ3v) is 4.91. The summed E-state index contributed by atoms with van der Waals surface area (Å²) in [6.45, 7) is 4.27. The highest BCUT2D eigenvalue weighted by atomic mass is 16.5. The Morgan fingerprint density at radius 3 is 2.65 bits per heavy atom. The quantitative estimate of drug-likeness (QED) is 0.407. The van der Waals surface area contributed by atoms with Crippen molar-refractivity contribution in [2.75, 3.05) is 34.4 Å². The SMILES string of the molecule is CCNC(=NCc1cccc(-c2ncn[nH]2)c1)N(C)CCc1ccc(OC)c(OC)c1. The highest BCUT2D eigenvalue weighted by Gasteiger charge is 2.09. The van der Waals surface area contributed by atoms with E-state index in [2.05, 4.69) is 50.5 Å². The summed E-state index contributed by atoms with van der Waals surface area (Å²) >= 11 is 0. The second kappa shape index (κ2) is 11.0. The number of nitrogens with zero attached hydrogens (tertiary/aromatic N) is 4. The van der Waals surface area contributed by atoms with Crippen molar-refractivity contribution < 1.29 is 9.47 Å². The number of guanidine groups is 1. The maximum Gasteiger partial charge on any atom is 0.193 e. The summed E-state index contributed by atoms with van der Waals surface area (Å²) in [5.41, 5.74) is 3.29. The maximum atomic E-state index is 5.41. The number of nitrogens with one attached hydrogen (secondary N) is 2. The highest BCUT2D eigenvalue weighted by molar-refractivity contribution is 5.79. The van der Waals surface area contributed by atoms with Crippen LogP contribution in [0.5, 0.6) is 11.5 Å². The van der Waals surface area contributed by atoms with Crippen molar-refractivity contribution in [2.24, 2.45) is 4.99 Å². The normalized spacial score (nSPS) is 11.3. The van der Waals surface area contributed by atoms with Gasteiger partial charge in [-0.1, -0.05) is 24.3 Å². The lowest BCUT2D eigenvalue weighted by molar-refractivity contribution is 0.354. The molecule has 0 atom stereocenters. The first kappa shape index (κ1) is 22.1. The Hall–Kier alpha value is -3.55. The van der Waals surface area contributed by atoms with Gasteiger partial charge in [-0.25, -0.2) is 9.98 Å². The number of H-pyrrole nitrogens is 1. The standard InChI is InChI=1S/C23H30N6O2/c1-5-24-23(25-15-18-7-6-8-19(13-18)22-26-16-27-28-22)29(2)12-11-17-9-10-20(30-3)21(14-17)31-4/h6-10,13-14,16H,5,11-12,15H2,1-4H3,(H,24,25)(H,26,27,28). The molecule has 31 heavy (non-hydrogen) atoms. The van der Waals surface area contributed by atoms with Gasteiger partial charge in [0.05, 0.1) is 20.8 Å². The summed E-state index contributed by atoms with van der Waals surface area (Å²) in [5, 5.41) is 10.2. The van der Waals surface area contributed by atoms with Gasteiger partial charge in [-0.15, -0.1) is 0 Å². The number of methoxy groups -OCH3 is 2. The summed E-state index contributed by atoms with van der Waals surface area (Å²) in [6, 6.07) is 14.2. The van der Waals surface area contributed by atoms with E-state index < -0.39 is 0 Å². The molecule has 1 aromatic heterocycles. The minimum Gasteiger partial charge on any atom is -0.493 e. The molecule has 0 amide bonds. The molecule has 1 heterocycles. The molecule has 2 aromatic carbocycles. The Labute approximate surface area is 183 Å². The first-order chi connectivity index (χ1) is 15.1. The first-order valence-electron chi connectivity index (χ1n) is 10.3. The molecule has 8 heteroatoms. The van der Waals surface area contributed by atoms with Gasteiger partial charge in [-0.2, -0.15) is 5.10 Å². The minimum absolute atomic E-state index is 0.574. The number of aromatic nitrogens is 3. The zero-order valence-corrected chi connectivity index (χ0v) is 18.6. The Morgan fingerprint density at radius 2 is 1.94 bits per heavy atom. The number of benzene rings is 2. The number of rotatable bonds is 9. The predicted octanol–water partition coefficient (Wildman–Crippen LogP) is 3.13. The molecule has 3 rings (SSSR count). The maximum absolute atomic E-state index is 5.41. The molecule has 0 bridgehead atoms. The Morgan fingerprint density at radius 1 is 1.10 bits per heavy atom. The summed E-state index contributed by atoms with van der Waals surface area (Å²) in [6.07, 6.45) is 2.37. The molecule has 2 N–H and O–H groups in total.